The van der Waals surface area contributed by atoms with Crippen molar-refractivity contribution in [3.63, 3.8) is 0 Å². The molecule has 1 aliphatic heterocycles. The minimum Gasteiger partial charge on any atom is -0.464 e. The number of fused-ring (bicyclic) bond motifs is 1. The van der Waals surface area contributed by atoms with Crippen molar-refractivity contribution >= 4 is 11.7 Å². The van der Waals surface area contributed by atoms with Gasteiger partial charge in [-0.1, -0.05) is 19.1 Å². The quantitative estimate of drug-likeness (QED) is 0.814. The number of methoxy groups -OCH3 is 1. The third-order valence-electron chi connectivity index (χ3n) is 4.31. The van der Waals surface area contributed by atoms with Crippen molar-refractivity contribution in [3.8, 4) is 0 Å². The molecule has 0 radical (unpaired) electrons. The molecule has 5 nitrogen and oxygen atoms in total. The van der Waals surface area contributed by atoms with E-state index in [9.17, 15) is 4.79 Å². The number of aromatic nitrogens is 2. The molecule has 23 heavy (non-hydrogen) atoms. The molecule has 0 unspecified atom stereocenters. The molecule has 0 N–H and O–H groups in total. The van der Waals surface area contributed by atoms with Crippen LogP contribution in [0.3, 0.4) is 0 Å². The summed E-state index contributed by atoms with van der Waals surface area (Å²) in [7, 11) is 1.41. The lowest BCUT2D eigenvalue weighted by Gasteiger charge is -2.30. The van der Waals surface area contributed by atoms with Gasteiger partial charge in [0, 0.05) is 43.0 Å². The van der Waals surface area contributed by atoms with Crippen molar-refractivity contribution in [2.45, 2.75) is 39.8 Å². The third-order valence-corrected chi connectivity index (χ3v) is 4.31. The topological polar surface area (TPSA) is 47.4 Å². The number of hydrogen-bond donors (Lipinski definition) is 0. The van der Waals surface area contributed by atoms with Crippen LogP contribution in [-0.4, -0.2) is 29.4 Å². The van der Waals surface area contributed by atoms with Gasteiger partial charge in [-0.2, -0.15) is 5.10 Å². The number of carbonyl (C=O) groups excluding carboxylic acids is 1. The van der Waals surface area contributed by atoms with Crippen molar-refractivity contribution in [2.75, 3.05) is 18.6 Å². The highest BCUT2D eigenvalue weighted by Gasteiger charge is 2.28. The van der Waals surface area contributed by atoms with E-state index in [2.05, 4.69) is 48.1 Å². The van der Waals surface area contributed by atoms with E-state index in [-0.39, 0.29) is 5.97 Å². The summed E-state index contributed by atoms with van der Waals surface area (Å²) in [6, 6.07) is 8.46. The number of nitrogens with zero attached hydrogens (tertiary/aromatic N) is 3. The normalized spacial score (nSPS) is 13.8. The lowest BCUT2D eigenvalue weighted by Crippen LogP contribution is -2.31. The SMILES string of the molecule is CCCn1nc(C(=O)OC)c2c1CCN(c1cccc(C)c1)C2. The van der Waals surface area contributed by atoms with Gasteiger partial charge in [-0.3, -0.25) is 4.68 Å². The van der Waals surface area contributed by atoms with Gasteiger partial charge in [0.25, 0.3) is 0 Å². The highest BCUT2D eigenvalue weighted by Crippen LogP contribution is 2.28. The molecule has 3 rings (SSSR count). The molecule has 122 valence electrons. The van der Waals surface area contributed by atoms with E-state index in [1.54, 1.807) is 0 Å². The Balaban J connectivity index is 1.96. The maximum Gasteiger partial charge on any atom is 0.358 e. The van der Waals surface area contributed by atoms with Gasteiger partial charge >= 0.3 is 5.97 Å². The zero-order valence-electron chi connectivity index (χ0n) is 14.0. The standard InChI is InChI=1S/C18H23N3O2/c1-4-9-21-16-8-10-20(14-7-5-6-13(2)11-14)12-15(16)17(19-21)18(22)23-3/h5-7,11H,4,8-10,12H2,1-3H3. The summed E-state index contributed by atoms with van der Waals surface area (Å²) >= 11 is 0. The van der Waals surface area contributed by atoms with Crippen molar-refractivity contribution in [2.24, 2.45) is 0 Å². The van der Waals surface area contributed by atoms with E-state index >= 15 is 0 Å². The number of ether oxygens (including phenoxy) is 1. The summed E-state index contributed by atoms with van der Waals surface area (Å²) in [5.41, 5.74) is 5.08. The van der Waals surface area contributed by atoms with Gasteiger partial charge in [-0.05, 0) is 31.0 Å². The zero-order chi connectivity index (χ0) is 16.4. The second-order valence-electron chi connectivity index (χ2n) is 6.00. The highest BCUT2D eigenvalue weighted by atomic mass is 16.5. The number of hydrogen-bond acceptors (Lipinski definition) is 4. The van der Waals surface area contributed by atoms with Crippen molar-refractivity contribution in [3.05, 3.63) is 46.8 Å². The number of rotatable bonds is 4. The fourth-order valence-corrected chi connectivity index (χ4v) is 3.19. The average molecular weight is 313 g/mol. The average Bonchev–Trinajstić information content (AvgIpc) is 2.92. The predicted molar refractivity (Wildman–Crippen MR) is 89.8 cm³/mol. The molecular weight excluding hydrogens is 290 g/mol. The van der Waals surface area contributed by atoms with Gasteiger partial charge < -0.3 is 9.64 Å². The fraction of sp³-hybridized carbons (Fsp3) is 0.444. The van der Waals surface area contributed by atoms with Crippen molar-refractivity contribution in [1.29, 1.82) is 0 Å². The smallest absolute Gasteiger partial charge is 0.358 e. The molecule has 0 spiro atoms. The second-order valence-corrected chi connectivity index (χ2v) is 6.00. The molecule has 2 aromatic rings. The van der Waals surface area contributed by atoms with Crippen LogP contribution in [0.2, 0.25) is 0 Å². The monoisotopic (exact) mass is 313 g/mol. The fourth-order valence-electron chi connectivity index (χ4n) is 3.19. The van der Waals surface area contributed by atoms with Gasteiger partial charge in [-0.25, -0.2) is 4.79 Å². The van der Waals surface area contributed by atoms with Gasteiger partial charge in [0.15, 0.2) is 5.69 Å². The lowest BCUT2D eigenvalue weighted by atomic mass is 10.0. The molecule has 1 aliphatic rings. The Morgan fingerprint density at radius 1 is 1.39 bits per heavy atom. The van der Waals surface area contributed by atoms with Crippen LogP contribution in [0.1, 0.15) is 40.7 Å². The van der Waals surface area contributed by atoms with Crippen LogP contribution in [0.5, 0.6) is 0 Å². The number of carbonyl (C=O) groups is 1. The van der Waals surface area contributed by atoms with E-state index < -0.39 is 0 Å². The van der Waals surface area contributed by atoms with Crippen LogP contribution in [0, 0.1) is 6.92 Å². The minimum absolute atomic E-state index is 0.345. The van der Waals surface area contributed by atoms with Crippen molar-refractivity contribution in [1.82, 2.24) is 9.78 Å². The first kappa shape index (κ1) is 15.6. The second kappa shape index (κ2) is 6.44. The van der Waals surface area contributed by atoms with E-state index in [4.69, 9.17) is 4.74 Å². The molecule has 0 aliphatic carbocycles. The molecule has 0 saturated carbocycles. The Morgan fingerprint density at radius 2 is 2.22 bits per heavy atom. The largest absolute Gasteiger partial charge is 0.464 e. The Bertz CT molecular complexity index is 721. The summed E-state index contributed by atoms with van der Waals surface area (Å²) in [6.45, 7) is 6.69. The van der Waals surface area contributed by atoms with Crippen molar-refractivity contribution < 1.29 is 9.53 Å². The summed E-state index contributed by atoms with van der Waals surface area (Å²) in [4.78, 5) is 14.4. The minimum atomic E-state index is -0.345. The van der Waals surface area contributed by atoms with Crippen LogP contribution >= 0.6 is 0 Å². The summed E-state index contributed by atoms with van der Waals surface area (Å²) in [5, 5.41) is 4.51. The summed E-state index contributed by atoms with van der Waals surface area (Å²) in [6.07, 6.45) is 1.89. The number of aryl methyl sites for hydroxylation is 2. The molecule has 0 saturated heterocycles. The van der Waals surface area contributed by atoms with Crippen LogP contribution in [0.25, 0.3) is 0 Å². The first-order valence-corrected chi connectivity index (χ1v) is 8.12. The van der Waals surface area contributed by atoms with Gasteiger partial charge in [0.1, 0.15) is 0 Å². The molecule has 5 heteroatoms. The number of anilines is 1. The molecule has 2 heterocycles. The molecular formula is C18H23N3O2. The van der Waals surface area contributed by atoms with Crippen LogP contribution in [0.4, 0.5) is 5.69 Å². The zero-order valence-corrected chi connectivity index (χ0v) is 14.0. The molecule has 1 aromatic heterocycles. The van der Waals surface area contributed by atoms with E-state index in [0.717, 1.165) is 31.5 Å². The Kier molecular flexibility index (Phi) is 4.37. The number of benzene rings is 1. The Labute approximate surface area is 136 Å². The lowest BCUT2D eigenvalue weighted by molar-refractivity contribution is 0.0591. The maximum absolute atomic E-state index is 12.1. The van der Waals surface area contributed by atoms with Gasteiger partial charge in [0.2, 0.25) is 0 Å². The molecule has 0 atom stereocenters. The van der Waals surface area contributed by atoms with E-state index in [0.29, 0.717) is 12.2 Å². The highest BCUT2D eigenvalue weighted by molar-refractivity contribution is 5.89. The first-order valence-electron chi connectivity index (χ1n) is 8.12. The van der Waals surface area contributed by atoms with E-state index in [1.807, 2.05) is 4.68 Å². The van der Waals surface area contributed by atoms with Crippen LogP contribution in [0.15, 0.2) is 24.3 Å². The van der Waals surface area contributed by atoms with E-state index in [1.165, 1.54) is 24.1 Å². The molecule has 0 amide bonds. The molecule has 1 aromatic carbocycles. The third kappa shape index (κ3) is 2.96. The summed E-state index contributed by atoms with van der Waals surface area (Å²) in [5.74, 6) is -0.345. The maximum atomic E-state index is 12.1. The van der Waals surface area contributed by atoms with Gasteiger partial charge in [0.05, 0.1) is 7.11 Å². The first-order chi connectivity index (χ1) is 11.1. The van der Waals surface area contributed by atoms with Crippen LogP contribution < -0.4 is 4.90 Å². The molecule has 0 bridgehead atoms. The van der Waals surface area contributed by atoms with Gasteiger partial charge in [-0.15, -0.1) is 0 Å². The number of esters is 1. The van der Waals surface area contributed by atoms with Crippen LogP contribution in [-0.2, 0) is 24.2 Å². The Morgan fingerprint density at radius 3 is 2.91 bits per heavy atom. The Hall–Kier alpha value is -2.30. The predicted octanol–water partition coefficient (Wildman–Crippen LogP) is 2.95. The summed E-state index contributed by atoms with van der Waals surface area (Å²) < 4.78 is 6.90. The molecule has 0 fully saturated rings.